The summed E-state index contributed by atoms with van der Waals surface area (Å²) in [6.07, 6.45) is 9.83. The maximum absolute atomic E-state index is 13.8. The number of hydrogen-bond donors (Lipinski definition) is 2. The first-order chi connectivity index (χ1) is 18.7. The number of nitrogens with one attached hydrogen (secondary N) is 2. The molecule has 0 amide bonds. The second kappa shape index (κ2) is 9.78. The Balaban J connectivity index is 1.41. The van der Waals surface area contributed by atoms with Gasteiger partial charge in [0.1, 0.15) is 11.8 Å². The van der Waals surface area contributed by atoms with Gasteiger partial charge in [-0.15, -0.1) is 0 Å². The number of aromatic nitrogens is 6. The normalized spacial score (nSPS) is 17.6. The zero-order chi connectivity index (χ0) is 27.3. The van der Waals surface area contributed by atoms with Crippen molar-refractivity contribution in [1.29, 1.82) is 4.78 Å². The van der Waals surface area contributed by atoms with Gasteiger partial charge in [0.2, 0.25) is 0 Å². The van der Waals surface area contributed by atoms with Crippen LogP contribution in [0.25, 0.3) is 22.6 Å². The zero-order valence-corrected chi connectivity index (χ0v) is 23.2. The molecule has 202 valence electrons. The maximum atomic E-state index is 13.8. The van der Waals surface area contributed by atoms with Gasteiger partial charge in [-0.3, -0.25) is 9.36 Å². The van der Waals surface area contributed by atoms with Crippen LogP contribution in [-0.4, -0.2) is 40.0 Å². The largest absolute Gasteiger partial charge is 0.361 e. The Kier molecular flexibility index (Phi) is 6.41. The molecule has 2 fully saturated rings. The first-order valence-corrected chi connectivity index (χ1v) is 15.4. The van der Waals surface area contributed by atoms with Crippen LogP contribution in [0.2, 0.25) is 0 Å². The summed E-state index contributed by atoms with van der Waals surface area (Å²) in [5.74, 6) is 1.62. The summed E-state index contributed by atoms with van der Waals surface area (Å²) in [6, 6.07) is 6.98. The third-order valence-electron chi connectivity index (χ3n) is 7.65. The topological polar surface area (TPSA) is 139 Å². The van der Waals surface area contributed by atoms with Gasteiger partial charge < -0.3 is 5.32 Å². The van der Waals surface area contributed by atoms with Crippen LogP contribution in [0.15, 0.2) is 46.5 Å². The van der Waals surface area contributed by atoms with Crippen LogP contribution in [0, 0.1) is 10.7 Å². The number of fused-ring (bicyclic) bond motifs is 1. The molecule has 1 aromatic carbocycles. The van der Waals surface area contributed by atoms with Crippen LogP contribution >= 0.6 is 0 Å². The van der Waals surface area contributed by atoms with Gasteiger partial charge in [0.15, 0.2) is 17.3 Å². The Morgan fingerprint density at radius 2 is 1.85 bits per heavy atom. The molecule has 0 spiro atoms. The number of anilines is 1. The van der Waals surface area contributed by atoms with Crippen LogP contribution in [-0.2, 0) is 22.7 Å². The molecule has 2 aliphatic rings. The molecule has 0 aliphatic heterocycles. The smallest absolute Gasteiger partial charge is 0.295 e. The summed E-state index contributed by atoms with van der Waals surface area (Å²) in [7, 11) is -2.78. The van der Waals surface area contributed by atoms with Gasteiger partial charge >= 0.3 is 0 Å². The fourth-order valence-electron chi connectivity index (χ4n) is 5.07. The second-order valence-corrected chi connectivity index (χ2v) is 12.8. The summed E-state index contributed by atoms with van der Waals surface area (Å²) in [6.45, 7) is 4.50. The van der Waals surface area contributed by atoms with Crippen LogP contribution in [0.1, 0.15) is 68.4 Å². The lowest BCUT2D eigenvalue weighted by atomic mass is 10.1. The van der Waals surface area contributed by atoms with E-state index >= 15 is 0 Å². The molecular weight excluding hydrogens is 512 g/mol. The van der Waals surface area contributed by atoms with Gasteiger partial charge in [0.05, 0.1) is 32.9 Å². The van der Waals surface area contributed by atoms with Crippen LogP contribution in [0.3, 0.4) is 0 Å². The number of hydrogen-bond acceptors (Lipinski definition) is 9. The van der Waals surface area contributed by atoms with E-state index in [1.165, 1.54) is 6.26 Å². The lowest BCUT2D eigenvalue weighted by Crippen LogP contribution is -2.29. The Hall–Kier alpha value is -3.73. The fraction of sp³-hybridized carbons (Fsp3) is 0.429. The van der Waals surface area contributed by atoms with Crippen molar-refractivity contribution in [3.63, 3.8) is 0 Å². The van der Waals surface area contributed by atoms with Crippen molar-refractivity contribution in [2.24, 2.45) is 5.92 Å². The van der Waals surface area contributed by atoms with Gasteiger partial charge in [0, 0.05) is 29.7 Å². The summed E-state index contributed by atoms with van der Waals surface area (Å²) in [5.41, 5.74) is 4.54. The Bertz CT molecular complexity index is 1730. The highest BCUT2D eigenvalue weighted by molar-refractivity contribution is 7.91. The summed E-state index contributed by atoms with van der Waals surface area (Å²) < 4.78 is 21.5. The van der Waals surface area contributed by atoms with Gasteiger partial charge in [-0.1, -0.05) is 19.1 Å². The molecule has 2 aliphatic carbocycles. The van der Waals surface area contributed by atoms with Gasteiger partial charge in [0.25, 0.3) is 5.56 Å². The molecular formula is C28H32N8O2S. The van der Waals surface area contributed by atoms with Crippen molar-refractivity contribution in [1.82, 2.24) is 29.5 Å². The van der Waals surface area contributed by atoms with Crippen LogP contribution < -0.4 is 10.9 Å². The molecule has 3 heterocycles. The number of aryl methyl sites for hydroxylation is 1. The molecule has 11 heteroatoms. The van der Waals surface area contributed by atoms with E-state index in [-0.39, 0.29) is 17.4 Å². The molecule has 0 radical (unpaired) electrons. The molecule has 0 saturated heterocycles. The van der Waals surface area contributed by atoms with Gasteiger partial charge in [-0.25, -0.2) is 33.9 Å². The Labute approximate surface area is 227 Å². The summed E-state index contributed by atoms with van der Waals surface area (Å²) >= 11 is 0. The van der Waals surface area contributed by atoms with Crippen molar-refractivity contribution in [3.8, 4) is 11.4 Å². The molecule has 2 N–H and O–H groups in total. The average Bonchev–Trinajstić information content (AvgIpc) is 3.84. The molecule has 2 atom stereocenters. The van der Waals surface area contributed by atoms with Crippen molar-refractivity contribution < 1.29 is 4.21 Å². The minimum Gasteiger partial charge on any atom is -0.361 e. The monoisotopic (exact) mass is 544 g/mol. The lowest BCUT2D eigenvalue weighted by molar-refractivity contribution is 0.482. The van der Waals surface area contributed by atoms with Gasteiger partial charge in [-0.2, -0.15) is 0 Å². The average molecular weight is 545 g/mol. The van der Waals surface area contributed by atoms with Crippen LogP contribution in [0.4, 0.5) is 5.82 Å². The number of rotatable bonds is 9. The molecule has 0 bridgehead atoms. The van der Waals surface area contributed by atoms with E-state index in [4.69, 9.17) is 14.7 Å². The van der Waals surface area contributed by atoms with E-state index in [0.717, 1.165) is 54.6 Å². The lowest BCUT2D eigenvalue weighted by Gasteiger charge is -2.19. The highest BCUT2D eigenvalue weighted by atomic mass is 32.2. The highest BCUT2D eigenvalue weighted by Gasteiger charge is 2.33. The Morgan fingerprint density at radius 3 is 2.49 bits per heavy atom. The minimum atomic E-state index is -2.78. The van der Waals surface area contributed by atoms with E-state index in [1.807, 2.05) is 12.1 Å². The number of nitrogens with zero attached hydrogens (tertiary/aromatic N) is 6. The van der Waals surface area contributed by atoms with E-state index in [9.17, 15) is 9.00 Å². The SMILES string of the molecule is CCc1ncnc(C2CC2)c1-c1ncc2nc(NCc3ccc(S(C)(=N)=O)cc3)c(=O)n([C@@H](C)C3CC3)c2n1. The van der Waals surface area contributed by atoms with Crippen LogP contribution in [0.5, 0.6) is 0 Å². The fourth-order valence-corrected chi connectivity index (χ4v) is 5.73. The molecule has 39 heavy (non-hydrogen) atoms. The molecule has 1 unspecified atom stereocenters. The first-order valence-electron chi connectivity index (χ1n) is 13.4. The third-order valence-corrected chi connectivity index (χ3v) is 8.83. The van der Waals surface area contributed by atoms with Crippen molar-refractivity contribution in [2.75, 3.05) is 11.6 Å². The number of benzene rings is 1. The molecule has 2 saturated carbocycles. The van der Waals surface area contributed by atoms with E-state index in [2.05, 4.69) is 34.1 Å². The standard InChI is InChI=1S/C28H32N8O2S/c1-4-21-23(24(19-9-10-19)33-15-32-21)25-31-14-22-27(35-25)36(16(2)18-7-8-18)28(37)26(34-22)30-13-17-5-11-20(12-6-17)39(3,29)38/h5-6,11-12,14-16,18-19,29H,4,7-10,13H2,1-3H3,(H,30,34)/t16-,39?/m0/s1. The predicted octanol–water partition coefficient (Wildman–Crippen LogP) is 4.70. The van der Waals surface area contributed by atoms with Gasteiger partial charge in [-0.05, 0) is 62.6 Å². The summed E-state index contributed by atoms with van der Waals surface area (Å²) in [5, 5.41) is 3.19. The van der Waals surface area contributed by atoms with E-state index in [0.29, 0.717) is 40.3 Å². The maximum Gasteiger partial charge on any atom is 0.295 e. The molecule has 3 aromatic heterocycles. The molecule has 6 rings (SSSR count). The zero-order valence-electron chi connectivity index (χ0n) is 22.3. The minimum absolute atomic E-state index is 0.0269. The van der Waals surface area contributed by atoms with E-state index < -0.39 is 9.73 Å². The first kappa shape index (κ1) is 25.5. The highest BCUT2D eigenvalue weighted by Crippen LogP contribution is 2.44. The Morgan fingerprint density at radius 1 is 1.10 bits per heavy atom. The van der Waals surface area contributed by atoms with Crippen molar-refractivity contribution in [2.45, 2.75) is 69.4 Å². The molecule has 4 aromatic rings. The molecule has 10 nitrogen and oxygen atoms in total. The quantitative estimate of drug-likeness (QED) is 0.309. The summed E-state index contributed by atoms with van der Waals surface area (Å²) in [4.78, 5) is 37.7. The second-order valence-electron chi connectivity index (χ2n) is 10.7. The van der Waals surface area contributed by atoms with Crippen molar-refractivity contribution in [3.05, 3.63) is 64.1 Å². The predicted molar refractivity (Wildman–Crippen MR) is 150 cm³/mol. The van der Waals surface area contributed by atoms with Crippen molar-refractivity contribution >= 4 is 26.7 Å². The van der Waals surface area contributed by atoms with E-state index in [1.54, 1.807) is 29.2 Å². The third kappa shape index (κ3) is 5.03.